The Bertz CT molecular complexity index is 121. The molecule has 0 heterocycles. The highest BCUT2D eigenvalue weighted by Gasteiger charge is 2.43. The van der Waals surface area contributed by atoms with Crippen molar-refractivity contribution in [3.8, 4) is 0 Å². The third kappa shape index (κ3) is 1.42. The van der Waals surface area contributed by atoms with Crippen LogP contribution in [0.4, 0.5) is 0 Å². The predicted octanol–water partition coefficient (Wildman–Crippen LogP) is 0.496. The molecular weight excluding hydrogens is 120 g/mol. The van der Waals surface area contributed by atoms with Crippen LogP contribution in [0.5, 0.6) is 0 Å². The normalized spacial score (nSPS) is 32.1. The summed E-state index contributed by atoms with van der Waals surface area (Å²) in [6.45, 7) is 2.49. The third-order valence-electron chi connectivity index (χ3n) is 1.43. The Morgan fingerprint density at radius 3 is 2.89 bits per heavy atom. The largest absolute Gasteiger partial charge is 0.481 e. The number of hydrogen-bond donors (Lipinski definition) is 1. The number of carbonyl (C=O) groups is 1. The molecule has 52 valence electrons. The molecule has 3 nitrogen and oxygen atoms in total. The smallest absolute Gasteiger partial charge is 0.309 e. The van der Waals surface area contributed by atoms with Crippen LogP contribution in [0.2, 0.25) is 0 Å². The molecule has 0 aromatic heterocycles. The SMILES string of the molecule is CCO[C@@H]1C[C@H]1C(=O)O. The second kappa shape index (κ2) is 2.35. The van der Waals surface area contributed by atoms with Crippen LogP contribution in [0, 0.1) is 5.92 Å². The highest BCUT2D eigenvalue weighted by atomic mass is 16.5. The lowest BCUT2D eigenvalue weighted by Crippen LogP contribution is -2.04. The zero-order valence-corrected chi connectivity index (χ0v) is 5.33. The fraction of sp³-hybridized carbons (Fsp3) is 0.833. The molecule has 0 aromatic carbocycles. The number of rotatable bonds is 3. The highest BCUT2D eigenvalue weighted by molar-refractivity contribution is 5.74. The van der Waals surface area contributed by atoms with Crippen molar-refractivity contribution < 1.29 is 14.6 Å². The lowest BCUT2D eigenvalue weighted by Gasteiger charge is -1.93. The minimum Gasteiger partial charge on any atom is -0.481 e. The van der Waals surface area contributed by atoms with Crippen LogP contribution in [0.3, 0.4) is 0 Å². The van der Waals surface area contributed by atoms with Gasteiger partial charge < -0.3 is 9.84 Å². The lowest BCUT2D eigenvalue weighted by atomic mass is 10.4. The van der Waals surface area contributed by atoms with Gasteiger partial charge in [0.25, 0.3) is 0 Å². The average molecular weight is 130 g/mol. The van der Waals surface area contributed by atoms with Crippen molar-refractivity contribution in [3.63, 3.8) is 0 Å². The van der Waals surface area contributed by atoms with Gasteiger partial charge in [-0.25, -0.2) is 0 Å². The van der Waals surface area contributed by atoms with Crippen molar-refractivity contribution in [3.05, 3.63) is 0 Å². The number of carboxylic acids is 1. The first kappa shape index (κ1) is 6.55. The summed E-state index contributed by atoms with van der Waals surface area (Å²) in [7, 11) is 0. The molecule has 0 aliphatic heterocycles. The quantitative estimate of drug-likeness (QED) is 0.605. The summed E-state index contributed by atoms with van der Waals surface area (Å²) in [5.41, 5.74) is 0. The number of ether oxygens (including phenoxy) is 1. The molecule has 1 aliphatic carbocycles. The first-order chi connectivity index (χ1) is 4.25. The molecule has 0 saturated heterocycles. The molecule has 3 heteroatoms. The lowest BCUT2D eigenvalue weighted by molar-refractivity contribution is -0.139. The van der Waals surface area contributed by atoms with Gasteiger partial charge in [0.2, 0.25) is 0 Å². The van der Waals surface area contributed by atoms with E-state index in [1.165, 1.54) is 0 Å². The minimum absolute atomic E-state index is 0.00694. The minimum atomic E-state index is -0.728. The summed E-state index contributed by atoms with van der Waals surface area (Å²) < 4.78 is 5.05. The van der Waals surface area contributed by atoms with Gasteiger partial charge in [-0.2, -0.15) is 0 Å². The van der Waals surface area contributed by atoms with E-state index >= 15 is 0 Å². The summed E-state index contributed by atoms with van der Waals surface area (Å²) in [6.07, 6.45) is 0.705. The summed E-state index contributed by atoms with van der Waals surface area (Å²) in [6, 6.07) is 0. The molecule has 1 fully saturated rings. The molecule has 0 amide bonds. The van der Waals surface area contributed by atoms with Crippen molar-refractivity contribution in [2.45, 2.75) is 19.4 Å². The predicted molar refractivity (Wildman–Crippen MR) is 31.2 cm³/mol. The Labute approximate surface area is 53.6 Å². The Morgan fingerprint density at radius 2 is 2.56 bits per heavy atom. The zero-order valence-electron chi connectivity index (χ0n) is 5.33. The Hall–Kier alpha value is -0.570. The molecule has 0 bridgehead atoms. The first-order valence-electron chi connectivity index (χ1n) is 3.10. The maximum absolute atomic E-state index is 10.2. The van der Waals surface area contributed by atoms with Crippen LogP contribution in [0.15, 0.2) is 0 Å². The van der Waals surface area contributed by atoms with Crippen LogP contribution >= 0.6 is 0 Å². The van der Waals surface area contributed by atoms with Crippen LogP contribution < -0.4 is 0 Å². The number of aliphatic carboxylic acids is 1. The molecule has 0 aromatic rings. The molecule has 1 rings (SSSR count). The van der Waals surface area contributed by atoms with E-state index in [1.807, 2.05) is 6.92 Å². The van der Waals surface area contributed by atoms with Gasteiger partial charge in [0.05, 0.1) is 12.0 Å². The van der Waals surface area contributed by atoms with E-state index in [4.69, 9.17) is 9.84 Å². The van der Waals surface area contributed by atoms with Gasteiger partial charge in [-0.15, -0.1) is 0 Å². The summed E-state index contributed by atoms with van der Waals surface area (Å²) in [5, 5.41) is 8.37. The van der Waals surface area contributed by atoms with Crippen molar-refractivity contribution in [1.82, 2.24) is 0 Å². The van der Waals surface area contributed by atoms with Gasteiger partial charge in [0.15, 0.2) is 0 Å². The van der Waals surface area contributed by atoms with Crippen molar-refractivity contribution in [2.24, 2.45) is 5.92 Å². The Balaban J connectivity index is 2.17. The Morgan fingerprint density at radius 1 is 1.89 bits per heavy atom. The summed E-state index contributed by atoms with van der Waals surface area (Å²) >= 11 is 0. The standard InChI is InChI=1S/C6H10O3/c1-2-9-5-3-4(5)6(7)8/h4-5H,2-3H2,1H3,(H,7,8)/t4-,5-/m1/s1. The molecule has 1 N–H and O–H groups in total. The van der Waals surface area contributed by atoms with Gasteiger partial charge in [0.1, 0.15) is 0 Å². The maximum atomic E-state index is 10.2. The number of carboxylic acid groups (broad SMARTS) is 1. The summed E-state index contributed by atoms with van der Waals surface area (Å²) in [5.74, 6) is -0.946. The van der Waals surface area contributed by atoms with Crippen molar-refractivity contribution in [2.75, 3.05) is 6.61 Å². The first-order valence-corrected chi connectivity index (χ1v) is 3.10. The van der Waals surface area contributed by atoms with E-state index in [2.05, 4.69) is 0 Å². The molecule has 1 saturated carbocycles. The van der Waals surface area contributed by atoms with E-state index < -0.39 is 5.97 Å². The van der Waals surface area contributed by atoms with Crippen molar-refractivity contribution in [1.29, 1.82) is 0 Å². The van der Waals surface area contributed by atoms with Crippen molar-refractivity contribution >= 4 is 5.97 Å². The van der Waals surface area contributed by atoms with Crippen LogP contribution in [0.25, 0.3) is 0 Å². The van der Waals surface area contributed by atoms with E-state index in [1.54, 1.807) is 0 Å². The van der Waals surface area contributed by atoms with Crippen LogP contribution in [-0.2, 0) is 9.53 Å². The Kier molecular flexibility index (Phi) is 1.71. The van der Waals surface area contributed by atoms with Crippen LogP contribution in [0.1, 0.15) is 13.3 Å². The topological polar surface area (TPSA) is 46.5 Å². The maximum Gasteiger partial charge on any atom is 0.309 e. The summed E-state index contributed by atoms with van der Waals surface area (Å²) in [4.78, 5) is 10.2. The van der Waals surface area contributed by atoms with Gasteiger partial charge in [-0.1, -0.05) is 0 Å². The molecule has 0 radical (unpaired) electrons. The fourth-order valence-electron chi connectivity index (χ4n) is 0.830. The fourth-order valence-corrected chi connectivity index (χ4v) is 0.830. The second-order valence-corrected chi connectivity index (χ2v) is 2.17. The molecule has 2 atom stereocenters. The highest BCUT2D eigenvalue weighted by Crippen LogP contribution is 2.33. The molecule has 0 spiro atoms. The average Bonchev–Trinajstić information content (AvgIpc) is 2.47. The van der Waals surface area contributed by atoms with Gasteiger partial charge in [0, 0.05) is 6.61 Å². The van der Waals surface area contributed by atoms with E-state index in [0.29, 0.717) is 13.0 Å². The van der Waals surface area contributed by atoms with Gasteiger partial charge in [-0.3, -0.25) is 4.79 Å². The molecule has 0 unspecified atom stereocenters. The van der Waals surface area contributed by atoms with Crippen LogP contribution in [-0.4, -0.2) is 23.8 Å². The van der Waals surface area contributed by atoms with E-state index in [9.17, 15) is 4.79 Å². The van der Waals surface area contributed by atoms with E-state index in [-0.39, 0.29) is 12.0 Å². The van der Waals surface area contributed by atoms with Gasteiger partial charge >= 0.3 is 5.97 Å². The monoisotopic (exact) mass is 130 g/mol. The van der Waals surface area contributed by atoms with E-state index in [0.717, 1.165) is 0 Å². The zero-order chi connectivity index (χ0) is 6.85. The third-order valence-corrected chi connectivity index (χ3v) is 1.43. The second-order valence-electron chi connectivity index (χ2n) is 2.17. The molecular formula is C6H10O3. The molecule has 9 heavy (non-hydrogen) atoms. The number of hydrogen-bond acceptors (Lipinski definition) is 2. The molecule has 1 aliphatic rings. The van der Waals surface area contributed by atoms with Gasteiger partial charge in [-0.05, 0) is 13.3 Å².